The molecule has 3 heterocycles. The number of nitrogens with zero attached hydrogens (tertiary/aromatic N) is 4. The molecule has 4 N–H and O–H groups in total. The molecule has 0 radical (unpaired) electrons. The largest absolute Gasteiger partial charge is 0.481 e. The molecule has 0 unspecified atom stereocenters. The number of hydrogen-bond acceptors (Lipinski definition) is 7. The van der Waals surface area contributed by atoms with Gasteiger partial charge < -0.3 is 25.8 Å². The fourth-order valence-electron chi connectivity index (χ4n) is 4.92. The van der Waals surface area contributed by atoms with Crippen molar-refractivity contribution in [3.8, 4) is 17.0 Å². The summed E-state index contributed by atoms with van der Waals surface area (Å²) < 4.78 is 26.3. The molecule has 4 aromatic rings. The minimum atomic E-state index is -0.578. The van der Waals surface area contributed by atoms with Gasteiger partial charge in [-0.15, -0.1) is 0 Å². The number of aromatic nitrogens is 3. The van der Waals surface area contributed by atoms with Crippen molar-refractivity contribution in [3.63, 3.8) is 0 Å². The number of nitrogens with one attached hydrogen (secondary N) is 2. The van der Waals surface area contributed by atoms with E-state index in [-0.39, 0.29) is 28.6 Å². The van der Waals surface area contributed by atoms with Crippen LogP contribution in [0.4, 0.5) is 20.6 Å². The molecule has 42 heavy (non-hydrogen) atoms. The van der Waals surface area contributed by atoms with Crippen LogP contribution < -0.4 is 21.1 Å². The lowest BCUT2D eigenvalue weighted by molar-refractivity contribution is 0.0505. The monoisotopic (exact) mass is 593 g/mol. The highest BCUT2D eigenvalue weighted by Crippen LogP contribution is 2.33. The SMILES string of the molecule is COc1ccc(-c2cc3c(N[C@H]4CC[C@@H](NC(=O)OC(C)(C)C)C4)c(C(N)=Nc4cc(F)ccc4Cl)cnn3c2)cn1. The average molecular weight is 594 g/mol. The van der Waals surface area contributed by atoms with E-state index in [1.165, 1.54) is 18.2 Å². The van der Waals surface area contributed by atoms with E-state index in [1.54, 1.807) is 30.1 Å². The maximum atomic E-state index is 13.9. The fourth-order valence-corrected chi connectivity index (χ4v) is 5.08. The van der Waals surface area contributed by atoms with E-state index in [9.17, 15) is 9.18 Å². The number of nitrogens with two attached hydrogens (primary N) is 1. The van der Waals surface area contributed by atoms with Gasteiger partial charge in [0.05, 0.1) is 40.8 Å². The second-order valence-corrected chi connectivity index (χ2v) is 11.6. The molecule has 5 rings (SSSR count). The second kappa shape index (κ2) is 11.8. The molecule has 0 bridgehead atoms. The summed E-state index contributed by atoms with van der Waals surface area (Å²) in [5.41, 5.74) is 9.88. The molecule has 0 saturated heterocycles. The summed E-state index contributed by atoms with van der Waals surface area (Å²) in [5.74, 6) is 0.160. The number of ether oxygens (including phenoxy) is 2. The summed E-state index contributed by atoms with van der Waals surface area (Å²) in [5, 5.41) is 11.4. The van der Waals surface area contributed by atoms with Crippen molar-refractivity contribution < 1.29 is 18.7 Å². The molecule has 1 aliphatic rings. The van der Waals surface area contributed by atoms with Crippen molar-refractivity contribution >= 4 is 40.4 Å². The first kappa shape index (κ1) is 29.1. The number of methoxy groups -OCH3 is 1. The van der Waals surface area contributed by atoms with Gasteiger partial charge in [0.15, 0.2) is 0 Å². The molecule has 0 aliphatic heterocycles. The predicted octanol–water partition coefficient (Wildman–Crippen LogP) is 6.09. The van der Waals surface area contributed by atoms with Crippen LogP contribution in [0, 0.1) is 5.82 Å². The van der Waals surface area contributed by atoms with Gasteiger partial charge in [0.2, 0.25) is 5.88 Å². The second-order valence-electron chi connectivity index (χ2n) is 11.2. The molecule has 1 aromatic carbocycles. The zero-order chi connectivity index (χ0) is 30.0. The van der Waals surface area contributed by atoms with Crippen molar-refractivity contribution in [1.82, 2.24) is 19.9 Å². The Morgan fingerprint density at radius 2 is 1.93 bits per heavy atom. The van der Waals surface area contributed by atoms with Crippen LogP contribution in [0.1, 0.15) is 45.6 Å². The van der Waals surface area contributed by atoms with Crippen LogP contribution in [0.2, 0.25) is 5.02 Å². The highest BCUT2D eigenvalue weighted by molar-refractivity contribution is 6.33. The minimum absolute atomic E-state index is 0.0152. The third-order valence-corrected chi connectivity index (χ3v) is 7.16. The third-order valence-electron chi connectivity index (χ3n) is 6.84. The van der Waals surface area contributed by atoms with Gasteiger partial charge in [0.1, 0.15) is 17.3 Å². The summed E-state index contributed by atoms with van der Waals surface area (Å²) in [6.45, 7) is 5.50. The van der Waals surface area contributed by atoms with E-state index in [0.29, 0.717) is 23.6 Å². The summed E-state index contributed by atoms with van der Waals surface area (Å²) >= 11 is 6.27. The van der Waals surface area contributed by atoms with E-state index in [4.69, 9.17) is 26.8 Å². The maximum Gasteiger partial charge on any atom is 0.407 e. The summed E-state index contributed by atoms with van der Waals surface area (Å²) in [6, 6.07) is 9.57. The number of hydrogen-bond donors (Lipinski definition) is 3. The van der Waals surface area contributed by atoms with Crippen molar-refractivity contribution in [2.75, 3.05) is 12.4 Å². The molecular weight excluding hydrogens is 561 g/mol. The number of anilines is 1. The summed E-state index contributed by atoms with van der Waals surface area (Å²) in [4.78, 5) is 21.1. The first-order valence-electron chi connectivity index (χ1n) is 13.6. The quantitative estimate of drug-likeness (QED) is 0.175. The van der Waals surface area contributed by atoms with Crippen molar-refractivity contribution in [3.05, 3.63) is 71.4 Å². The number of halogens is 2. The van der Waals surface area contributed by atoms with Crippen molar-refractivity contribution in [1.29, 1.82) is 0 Å². The number of aliphatic imine (C=N–C) groups is 1. The van der Waals surface area contributed by atoms with Crippen LogP contribution >= 0.6 is 11.6 Å². The number of rotatable bonds is 7. The molecule has 1 fully saturated rings. The van der Waals surface area contributed by atoms with Crippen LogP contribution in [0.15, 0.2) is 60.0 Å². The van der Waals surface area contributed by atoms with E-state index in [0.717, 1.165) is 29.5 Å². The number of alkyl carbamates (subject to hydrolysis) is 1. The molecule has 12 heteroatoms. The molecule has 3 aromatic heterocycles. The Balaban J connectivity index is 1.49. The zero-order valence-electron chi connectivity index (χ0n) is 23.8. The van der Waals surface area contributed by atoms with Gasteiger partial charge in [0, 0.05) is 47.7 Å². The predicted molar refractivity (Wildman–Crippen MR) is 161 cm³/mol. The van der Waals surface area contributed by atoms with E-state index < -0.39 is 17.5 Å². The molecular formula is C30H33ClFN7O3. The minimum Gasteiger partial charge on any atom is -0.481 e. The Bertz CT molecular complexity index is 1630. The van der Waals surface area contributed by atoms with Gasteiger partial charge in [-0.05, 0) is 64.3 Å². The Hall–Kier alpha value is -4.38. The summed E-state index contributed by atoms with van der Waals surface area (Å²) in [7, 11) is 1.57. The van der Waals surface area contributed by atoms with E-state index in [2.05, 4.69) is 25.7 Å². The van der Waals surface area contributed by atoms with Crippen molar-refractivity contribution in [2.24, 2.45) is 10.7 Å². The Labute approximate surface area is 248 Å². The van der Waals surface area contributed by atoms with Gasteiger partial charge in [-0.25, -0.2) is 23.7 Å². The first-order chi connectivity index (χ1) is 20.0. The lowest BCUT2D eigenvalue weighted by atomic mass is 10.1. The molecule has 220 valence electrons. The molecule has 10 nitrogen and oxygen atoms in total. The summed E-state index contributed by atoms with van der Waals surface area (Å²) in [6.07, 6.45) is 7.06. The van der Waals surface area contributed by atoms with Gasteiger partial charge in [-0.1, -0.05) is 11.6 Å². The topological polar surface area (TPSA) is 128 Å². The molecule has 1 amide bonds. The van der Waals surface area contributed by atoms with Gasteiger partial charge >= 0.3 is 6.09 Å². The molecule has 0 spiro atoms. The first-order valence-corrected chi connectivity index (χ1v) is 13.9. The lowest BCUT2D eigenvalue weighted by Gasteiger charge is -2.22. The van der Waals surface area contributed by atoms with Crippen LogP contribution in [0.25, 0.3) is 16.6 Å². The fraction of sp³-hybridized carbons (Fsp3) is 0.333. The number of amides is 1. The van der Waals surface area contributed by atoms with Crippen LogP contribution in [0.5, 0.6) is 5.88 Å². The van der Waals surface area contributed by atoms with Gasteiger partial charge in [0.25, 0.3) is 0 Å². The number of amidine groups is 1. The maximum absolute atomic E-state index is 13.9. The smallest absolute Gasteiger partial charge is 0.407 e. The number of pyridine rings is 1. The standard InChI is InChI=1S/C30H33ClFN7O3/c1-30(2,3)42-29(40)37-21-8-7-20(13-21)36-27-22(28(33)38-24-12-19(32)6-9-23(24)31)15-35-39-16-18(11-25(27)39)17-5-10-26(41-4)34-14-17/h5-6,9-12,14-16,20-21,36H,7-8,13H2,1-4H3,(H2,33,38)(H,37,40)/t20-,21+/m0/s1. The molecule has 1 aliphatic carbocycles. The highest BCUT2D eigenvalue weighted by atomic mass is 35.5. The number of fused-ring (bicyclic) bond motifs is 1. The highest BCUT2D eigenvalue weighted by Gasteiger charge is 2.29. The number of carbonyl (C=O) groups is 1. The zero-order valence-corrected chi connectivity index (χ0v) is 24.6. The van der Waals surface area contributed by atoms with Crippen LogP contribution in [0.3, 0.4) is 0 Å². The number of benzene rings is 1. The molecule has 1 saturated carbocycles. The normalized spacial score (nSPS) is 17.3. The van der Waals surface area contributed by atoms with Crippen LogP contribution in [-0.2, 0) is 4.74 Å². The average Bonchev–Trinajstić information content (AvgIpc) is 3.57. The molecule has 2 atom stereocenters. The van der Waals surface area contributed by atoms with Gasteiger partial charge in [-0.3, -0.25) is 0 Å². The Morgan fingerprint density at radius 1 is 1.14 bits per heavy atom. The van der Waals surface area contributed by atoms with Crippen molar-refractivity contribution in [2.45, 2.75) is 57.7 Å². The number of carbonyl (C=O) groups excluding carboxylic acids is 1. The van der Waals surface area contributed by atoms with Crippen LogP contribution in [-0.4, -0.2) is 51.3 Å². The van der Waals surface area contributed by atoms with E-state index >= 15 is 0 Å². The lowest BCUT2D eigenvalue weighted by Crippen LogP contribution is -2.38. The third kappa shape index (κ3) is 6.73. The van der Waals surface area contributed by atoms with E-state index in [1.807, 2.05) is 39.1 Å². The van der Waals surface area contributed by atoms with Gasteiger partial charge in [-0.2, -0.15) is 5.10 Å². The Morgan fingerprint density at radius 3 is 2.64 bits per heavy atom. The Kier molecular flexibility index (Phi) is 8.22.